The highest BCUT2D eigenvalue weighted by Crippen LogP contribution is 2.22. The summed E-state index contributed by atoms with van der Waals surface area (Å²) in [6.07, 6.45) is 0.558. The van der Waals surface area contributed by atoms with Gasteiger partial charge in [-0.25, -0.2) is 8.42 Å². The van der Waals surface area contributed by atoms with Gasteiger partial charge in [0, 0.05) is 15.6 Å². The predicted molar refractivity (Wildman–Crippen MR) is 68.0 cm³/mol. The SMILES string of the molecule is COc1ccc(SCCCS(=O)(=O)Cl)cc1. The quantitative estimate of drug-likeness (QED) is 0.457. The molecule has 0 radical (unpaired) electrons. The van der Waals surface area contributed by atoms with Crippen LogP contribution in [-0.4, -0.2) is 27.0 Å². The predicted octanol–water partition coefficient (Wildman–Crippen LogP) is 2.75. The normalized spacial score (nSPS) is 11.4. The van der Waals surface area contributed by atoms with Crippen molar-refractivity contribution in [1.82, 2.24) is 0 Å². The highest BCUT2D eigenvalue weighted by atomic mass is 35.7. The lowest BCUT2D eigenvalue weighted by Gasteiger charge is -2.02. The summed E-state index contributed by atoms with van der Waals surface area (Å²) in [5.41, 5.74) is 0. The lowest BCUT2D eigenvalue weighted by atomic mass is 10.3. The van der Waals surface area contributed by atoms with Gasteiger partial charge in [0.25, 0.3) is 0 Å². The molecule has 90 valence electrons. The van der Waals surface area contributed by atoms with E-state index >= 15 is 0 Å². The summed E-state index contributed by atoms with van der Waals surface area (Å²) in [7, 11) is 3.37. The van der Waals surface area contributed by atoms with E-state index in [-0.39, 0.29) is 5.75 Å². The molecule has 0 unspecified atom stereocenters. The number of benzene rings is 1. The summed E-state index contributed by atoms with van der Waals surface area (Å²) >= 11 is 1.60. The van der Waals surface area contributed by atoms with Crippen LogP contribution in [0.15, 0.2) is 29.2 Å². The minimum atomic E-state index is -3.35. The van der Waals surface area contributed by atoms with Gasteiger partial charge in [-0.1, -0.05) is 0 Å². The largest absolute Gasteiger partial charge is 0.497 e. The standard InChI is InChI=1S/C10H13ClO3S2/c1-14-9-3-5-10(6-4-9)15-7-2-8-16(11,12)13/h3-6H,2,7-8H2,1H3. The Labute approximate surface area is 105 Å². The zero-order valence-corrected chi connectivity index (χ0v) is 11.2. The fraction of sp³-hybridized carbons (Fsp3) is 0.400. The van der Waals surface area contributed by atoms with E-state index in [2.05, 4.69) is 0 Å². The van der Waals surface area contributed by atoms with Gasteiger partial charge in [-0.05, 0) is 36.4 Å². The zero-order valence-electron chi connectivity index (χ0n) is 8.85. The van der Waals surface area contributed by atoms with Crippen LogP contribution >= 0.6 is 22.4 Å². The van der Waals surface area contributed by atoms with Crippen molar-refractivity contribution in [3.8, 4) is 5.75 Å². The minimum absolute atomic E-state index is 0.0255. The van der Waals surface area contributed by atoms with Gasteiger partial charge in [0.1, 0.15) is 5.75 Å². The summed E-state index contributed by atoms with van der Waals surface area (Å²) in [5.74, 6) is 1.57. The highest BCUT2D eigenvalue weighted by molar-refractivity contribution is 8.13. The van der Waals surface area contributed by atoms with E-state index in [4.69, 9.17) is 15.4 Å². The Morgan fingerprint density at radius 3 is 2.44 bits per heavy atom. The molecule has 6 heteroatoms. The monoisotopic (exact) mass is 280 g/mol. The summed E-state index contributed by atoms with van der Waals surface area (Å²) in [4.78, 5) is 1.09. The molecule has 0 saturated heterocycles. The van der Waals surface area contributed by atoms with E-state index in [1.807, 2.05) is 24.3 Å². The summed E-state index contributed by atoms with van der Waals surface area (Å²) in [6, 6.07) is 7.64. The van der Waals surface area contributed by atoms with E-state index in [0.717, 1.165) is 16.4 Å². The van der Waals surface area contributed by atoms with Crippen LogP contribution in [0.3, 0.4) is 0 Å². The third kappa shape index (κ3) is 5.63. The number of thioether (sulfide) groups is 1. The van der Waals surface area contributed by atoms with Gasteiger partial charge in [-0.15, -0.1) is 11.8 Å². The van der Waals surface area contributed by atoms with E-state index in [9.17, 15) is 8.42 Å². The van der Waals surface area contributed by atoms with Crippen molar-refractivity contribution in [2.75, 3.05) is 18.6 Å². The highest BCUT2D eigenvalue weighted by Gasteiger charge is 2.04. The second kappa shape index (κ2) is 6.37. The van der Waals surface area contributed by atoms with Gasteiger partial charge in [-0.3, -0.25) is 0 Å². The maximum Gasteiger partial charge on any atom is 0.232 e. The molecule has 0 atom stereocenters. The van der Waals surface area contributed by atoms with Gasteiger partial charge < -0.3 is 4.74 Å². The van der Waals surface area contributed by atoms with Crippen molar-refractivity contribution in [2.45, 2.75) is 11.3 Å². The van der Waals surface area contributed by atoms with Crippen LogP contribution in [0.4, 0.5) is 0 Å². The Balaban J connectivity index is 2.32. The van der Waals surface area contributed by atoms with Crippen LogP contribution in [0.5, 0.6) is 5.75 Å². The molecule has 0 aliphatic heterocycles. The van der Waals surface area contributed by atoms with Crippen molar-refractivity contribution >= 4 is 31.5 Å². The van der Waals surface area contributed by atoms with Gasteiger partial charge >= 0.3 is 0 Å². The molecule has 0 fully saturated rings. The number of hydrogen-bond acceptors (Lipinski definition) is 4. The van der Waals surface area contributed by atoms with Crippen LogP contribution in [0.1, 0.15) is 6.42 Å². The molecular weight excluding hydrogens is 268 g/mol. The van der Waals surface area contributed by atoms with E-state index in [0.29, 0.717) is 6.42 Å². The maximum absolute atomic E-state index is 10.7. The molecule has 1 rings (SSSR count). The fourth-order valence-electron chi connectivity index (χ4n) is 1.09. The first-order valence-corrected chi connectivity index (χ1v) is 8.17. The zero-order chi connectivity index (χ0) is 12.0. The molecule has 16 heavy (non-hydrogen) atoms. The molecule has 0 heterocycles. The van der Waals surface area contributed by atoms with Crippen molar-refractivity contribution in [2.24, 2.45) is 0 Å². The van der Waals surface area contributed by atoms with Crippen molar-refractivity contribution in [1.29, 1.82) is 0 Å². The van der Waals surface area contributed by atoms with Gasteiger partial charge in [0.15, 0.2) is 0 Å². The van der Waals surface area contributed by atoms with Crippen LogP contribution in [-0.2, 0) is 9.05 Å². The summed E-state index contributed by atoms with van der Waals surface area (Å²) < 4.78 is 26.4. The average molecular weight is 281 g/mol. The van der Waals surface area contributed by atoms with E-state index in [1.54, 1.807) is 18.9 Å². The molecule has 0 spiro atoms. The lowest BCUT2D eigenvalue weighted by molar-refractivity contribution is 0.414. The second-order valence-electron chi connectivity index (χ2n) is 3.12. The summed E-state index contributed by atoms with van der Waals surface area (Å²) in [5, 5.41) is 0. The molecule has 1 aromatic carbocycles. The van der Waals surface area contributed by atoms with Crippen LogP contribution in [0.2, 0.25) is 0 Å². The van der Waals surface area contributed by atoms with Crippen LogP contribution < -0.4 is 4.74 Å². The Bertz CT molecular complexity index is 414. The van der Waals surface area contributed by atoms with Crippen molar-refractivity contribution < 1.29 is 13.2 Å². The first-order valence-electron chi connectivity index (χ1n) is 4.70. The molecule has 1 aromatic rings. The van der Waals surface area contributed by atoms with E-state index < -0.39 is 9.05 Å². The number of hydrogen-bond donors (Lipinski definition) is 0. The molecule has 0 N–H and O–H groups in total. The Kier molecular flexibility index (Phi) is 5.44. The lowest BCUT2D eigenvalue weighted by Crippen LogP contribution is -1.97. The van der Waals surface area contributed by atoms with Crippen LogP contribution in [0.25, 0.3) is 0 Å². The van der Waals surface area contributed by atoms with Crippen molar-refractivity contribution in [3.05, 3.63) is 24.3 Å². The molecule has 0 bridgehead atoms. The third-order valence-electron chi connectivity index (χ3n) is 1.86. The fourth-order valence-corrected chi connectivity index (χ4v) is 2.95. The first kappa shape index (κ1) is 13.7. The maximum atomic E-state index is 10.7. The van der Waals surface area contributed by atoms with Gasteiger partial charge in [-0.2, -0.15) is 0 Å². The van der Waals surface area contributed by atoms with E-state index in [1.165, 1.54) is 0 Å². The molecule has 0 saturated carbocycles. The Morgan fingerprint density at radius 1 is 1.31 bits per heavy atom. The molecule has 0 aliphatic carbocycles. The molecular formula is C10H13ClO3S2. The average Bonchev–Trinajstić information content (AvgIpc) is 2.24. The number of halogens is 1. The minimum Gasteiger partial charge on any atom is -0.497 e. The molecule has 0 aromatic heterocycles. The number of rotatable bonds is 6. The van der Waals surface area contributed by atoms with Crippen LogP contribution in [0, 0.1) is 0 Å². The Hall–Kier alpha value is -0.390. The topological polar surface area (TPSA) is 43.4 Å². The molecule has 0 aliphatic rings. The Morgan fingerprint density at radius 2 is 1.94 bits per heavy atom. The summed E-state index contributed by atoms with van der Waals surface area (Å²) in [6.45, 7) is 0. The smallest absolute Gasteiger partial charge is 0.232 e. The van der Waals surface area contributed by atoms with Gasteiger partial charge in [0.05, 0.1) is 12.9 Å². The number of ether oxygens (including phenoxy) is 1. The first-order chi connectivity index (χ1) is 7.51. The number of methoxy groups -OCH3 is 1. The molecule has 3 nitrogen and oxygen atoms in total. The third-order valence-corrected chi connectivity index (χ3v) is 4.20. The van der Waals surface area contributed by atoms with Gasteiger partial charge in [0.2, 0.25) is 9.05 Å². The second-order valence-corrected chi connectivity index (χ2v) is 7.19. The molecule has 0 amide bonds. The van der Waals surface area contributed by atoms with Crippen molar-refractivity contribution in [3.63, 3.8) is 0 Å².